The molecule has 1 aromatic heterocycles. The van der Waals surface area contributed by atoms with Gasteiger partial charge >= 0.3 is 0 Å². The van der Waals surface area contributed by atoms with Gasteiger partial charge in [0.1, 0.15) is 10.6 Å². The van der Waals surface area contributed by atoms with Crippen molar-refractivity contribution in [2.45, 2.75) is 18.3 Å². The second kappa shape index (κ2) is 2.82. The van der Waals surface area contributed by atoms with Crippen LogP contribution in [0, 0.1) is 0 Å². The summed E-state index contributed by atoms with van der Waals surface area (Å²) in [7, 11) is 0. The molecule has 0 amide bonds. The lowest BCUT2D eigenvalue weighted by atomic mass is 10.1. The molecule has 0 spiro atoms. The molecular weight excluding hydrogens is 260 g/mol. The molecule has 0 N–H and O–H groups in total. The molecule has 4 heteroatoms. The van der Waals surface area contributed by atoms with Gasteiger partial charge in [-0.1, -0.05) is 11.6 Å². The average molecular weight is 266 g/mol. The van der Waals surface area contributed by atoms with Crippen molar-refractivity contribution in [2.75, 3.05) is 0 Å². The highest BCUT2D eigenvalue weighted by Gasteiger charge is 2.45. The summed E-state index contributed by atoms with van der Waals surface area (Å²) in [6.07, 6.45) is 2.99. The lowest BCUT2D eigenvalue weighted by Gasteiger charge is -1.99. The lowest BCUT2D eigenvalue weighted by molar-refractivity contribution is -0.109. The van der Waals surface area contributed by atoms with Gasteiger partial charge in [0.2, 0.25) is 0 Å². The summed E-state index contributed by atoms with van der Waals surface area (Å²) >= 11 is 10.7. The van der Waals surface area contributed by atoms with E-state index in [9.17, 15) is 4.79 Å². The van der Waals surface area contributed by atoms with Crippen LogP contribution in [0.3, 0.4) is 0 Å². The molecule has 0 aliphatic heterocycles. The number of carbonyl (C=O) groups is 1. The van der Waals surface area contributed by atoms with Crippen molar-refractivity contribution in [3.63, 3.8) is 0 Å². The van der Waals surface area contributed by atoms with Crippen molar-refractivity contribution in [1.29, 1.82) is 0 Å². The molecule has 1 aromatic rings. The molecule has 0 unspecified atom stereocenters. The molecule has 1 saturated carbocycles. The van der Waals surface area contributed by atoms with Crippen LogP contribution in [-0.2, 0) is 10.2 Å². The Balaban J connectivity index is 2.41. The third-order valence-corrected chi connectivity index (χ3v) is 4.84. The minimum atomic E-state index is -0.180. The highest BCUT2D eigenvalue weighted by atomic mass is 79.9. The molecule has 12 heavy (non-hydrogen) atoms. The van der Waals surface area contributed by atoms with Crippen molar-refractivity contribution < 1.29 is 4.79 Å². The molecule has 1 aliphatic rings. The number of halogens is 2. The summed E-state index contributed by atoms with van der Waals surface area (Å²) in [5, 5.41) is 0. The first kappa shape index (κ1) is 8.73. The van der Waals surface area contributed by atoms with Crippen molar-refractivity contribution in [2.24, 2.45) is 0 Å². The first-order valence-electron chi connectivity index (χ1n) is 3.60. The zero-order valence-corrected chi connectivity index (χ0v) is 9.30. The van der Waals surface area contributed by atoms with Crippen molar-refractivity contribution in [3.05, 3.63) is 19.8 Å². The van der Waals surface area contributed by atoms with E-state index in [1.165, 1.54) is 11.3 Å². The molecule has 1 fully saturated rings. The average Bonchev–Trinajstić information content (AvgIpc) is 2.77. The second-order valence-corrected chi connectivity index (χ2v) is 5.51. The Bertz CT molecular complexity index is 310. The molecule has 0 saturated heterocycles. The fourth-order valence-electron chi connectivity index (χ4n) is 1.15. The monoisotopic (exact) mass is 264 g/mol. The molecular formula is C8H6BrClOS. The number of rotatable bonds is 2. The smallest absolute Gasteiger partial charge is 0.131 e. The van der Waals surface area contributed by atoms with Crippen LogP contribution >= 0.6 is 38.9 Å². The lowest BCUT2D eigenvalue weighted by Crippen LogP contribution is -2.04. The van der Waals surface area contributed by atoms with Crippen LogP contribution in [-0.4, -0.2) is 6.29 Å². The largest absolute Gasteiger partial charge is 0.302 e. The van der Waals surface area contributed by atoms with Gasteiger partial charge in [-0.3, -0.25) is 0 Å². The zero-order chi connectivity index (χ0) is 8.77. The molecule has 1 aliphatic carbocycles. The molecule has 0 aromatic carbocycles. The van der Waals surface area contributed by atoms with Crippen molar-refractivity contribution in [3.8, 4) is 0 Å². The number of aldehydes is 1. The molecule has 1 nitrogen and oxygen atoms in total. The van der Waals surface area contributed by atoms with E-state index in [4.69, 9.17) is 11.6 Å². The van der Waals surface area contributed by atoms with E-state index < -0.39 is 0 Å². The van der Waals surface area contributed by atoms with E-state index in [0.29, 0.717) is 0 Å². The van der Waals surface area contributed by atoms with Crippen LogP contribution in [0.5, 0.6) is 0 Å². The Morgan fingerprint density at radius 1 is 1.67 bits per heavy atom. The highest BCUT2D eigenvalue weighted by Crippen LogP contribution is 2.51. The summed E-state index contributed by atoms with van der Waals surface area (Å²) in [4.78, 5) is 11.9. The maximum atomic E-state index is 10.8. The highest BCUT2D eigenvalue weighted by molar-refractivity contribution is 9.10. The maximum absolute atomic E-state index is 10.8. The predicted molar refractivity (Wildman–Crippen MR) is 54.0 cm³/mol. The third kappa shape index (κ3) is 1.24. The fraction of sp³-hybridized carbons (Fsp3) is 0.375. The van der Waals surface area contributed by atoms with Gasteiger partial charge in [0.05, 0.1) is 5.41 Å². The zero-order valence-electron chi connectivity index (χ0n) is 6.14. The quantitative estimate of drug-likeness (QED) is 0.749. The van der Waals surface area contributed by atoms with Gasteiger partial charge in [-0.2, -0.15) is 0 Å². The Labute approximate surface area is 87.9 Å². The normalized spacial score (nSPS) is 19.2. The van der Waals surface area contributed by atoms with Crippen LogP contribution in [0.1, 0.15) is 17.7 Å². The standard InChI is InChI=1S/C8H6BrClOS/c9-5-3-6(12-7(5)10)8(4-11)1-2-8/h3-4H,1-2H2. The van der Waals surface area contributed by atoms with Gasteiger partial charge in [0, 0.05) is 9.35 Å². The SMILES string of the molecule is O=CC1(c2cc(Br)c(Cl)s2)CC1. The van der Waals surface area contributed by atoms with Gasteiger partial charge in [-0.25, -0.2) is 0 Å². The van der Waals surface area contributed by atoms with Gasteiger partial charge in [-0.05, 0) is 34.8 Å². The molecule has 0 radical (unpaired) electrons. The van der Waals surface area contributed by atoms with Gasteiger partial charge in [0.15, 0.2) is 0 Å². The van der Waals surface area contributed by atoms with E-state index in [2.05, 4.69) is 15.9 Å². The van der Waals surface area contributed by atoms with Gasteiger partial charge in [0.25, 0.3) is 0 Å². The Morgan fingerprint density at radius 2 is 2.33 bits per heavy atom. The van der Waals surface area contributed by atoms with Crippen LogP contribution in [0.2, 0.25) is 4.34 Å². The number of carbonyl (C=O) groups excluding carboxylic acids is 1. The molecule has 2 rings (SSSR count). The molecule has 1 heterocycles. The van der Waals surface area contributed by atoms with Crippen LogP contribution < -0.4 is 0 Å². The van der Waals surface area contributed by atoms with Gasteiger partial charge in [-0.15, -0.1) is 11.3 Å². The third-order valence-electron chi connectivity index (χ3n) is 2.15. The summed E-state index contributed by atoms with van der Waals surface area (Å²) in [5.41, 5.74) is -0.180. The summed E-state index contributed by atoms with van der Waals surface area (Å²) in [6.45, 7) is 0. The van der Waals surface area contributed by atoms with Crippen LogP contribution in [0.15, 0.2) is 10.5 Å². The maximum Gasteiger partial charge on any atom is 0.131 e. The molecule has 0 atom stereocenters. The predicted octanol–water partition coefficient (Wildman–Crippen LogP) is 3.39. The first-order valence-corrected chi connectivity index (χ1v) is 5.58. The van der Waals surface area contributed by atoms with E-state index in [1.54, 1.807) is 0 Å². The van der Waals surface area contributed by atoms with Gasteiger partial charge < -0.3 is 4.79 Å². The topological polar surface area (TPSA) is 17.1 Å². The van der Waals surface area contributed by atoms with Crippen LogP contribution in [0.25, 0.3) is 0 Å². The summed E-state index contributed by atoms with van der Waals surface area (Å²) < 4.78 is 1.63. The Kier molecular flexibility index (Phi) is 2.05. The first-order chi connectivity index (χ1) is 5.68. The minimum absolute atomic E-state index is 0.180. The minimum Gasteiger partial charge on any atom is -0.302 e. The molecule has 0 bridgehead atoms. The Hall–Kier alpha value is 0.140. The van der Waals surface area contributed by atoms with Crippen molar-refractivity contribution in [1.82, 2.24) is 0 Å². The van der Waals surface area contributed by atoms with E-state index >= 15 is 0 Å². The van der Waals surface area contributed by atoms with Crippen molar-refractivity contribution >= 4 is 45.2 Å². The summed E-state index contributed by atoms with van der Waals surface area (Å²) in [5.74, 6) is 0. The molecule has 64 valence electrons. The number of hydrogen-bond acceptors (Lipinski definition) is 2. The Morgan fingerprint density at radius 3 is 2.67 bits per heavy atom. The number of hydrogen-bond donors (Lipinski definition) is 0. The van der Waals surface area contributed by atoms with Crippen LogP contribution in [0.4, 0.5) is 0 Å². The second-order valence-electron chi connectivity index (χ2n) is 3.01. The number of thiophene rings is 1. The van der Waals surface area contributed by atoms with E-state index in [-0.39, 0.29) is 5.41 Å². The van der Waals surface area contributed by atoms with E-state index in [0.717, 1.165) is 32.8 Å². The fourth-order valence-corrected chi connectivity index (χ4v) is 3.06. The summed E-state index contributed by atoms with van der Waals surface area (Å²) in [6, 6.07) is 1.95. The van der Waals surface area contributed by atoms with E-state index in [1.807, 2.05) is 6.07 Å².